The lowest BCUT2D eigenvalue weighted by molar-refractivity contribution is 0.0706. The van der Waals surface area contributed by atoms with Gasteiger partial charge in [0.25, 0.3) is 5.91 Å². The van der Waals surface area contributed by atoms with Gasteiger partial charge in [-0.2, -0.15) is 0 Å². The Kier molecular flexibility index (Phi) is 3.09. The third kappa shape index (κ3) is 2.04. The van der Waals surface area contributed by atoms with E-state index in [4.69, 9.17) is 4.42 Å². The molecule has 1 saturated heterocycles. The van der Waals surface area contributed by atoms with E-state index in [1.54, 1.807) is 0 Å². The van der Waals surface area contributed by atoms with Crippen molar-refractivity contribution in [3.05, 3.63) is 34.5 Å². The van der Waals surface area contributed by atoms with E-state index in [-0.39, 0.29) is 5.91 Å². The third-order valence-corrected chi connectivity index (χ3v) is 3.81. The number of piperazine rings is 1. The van der Waals surface area contributed by atoms with Crippen molar-refractivity contribution >= 4 is 32.8 Å². The van der Waals surface area contributed by atoms with Crippen molar-refractivity contribution < 1.29 is 9.21 Å². The third-order valence-electron chi connectivity index (χ3n) is 3.12. The van der Waals surface area contributed by atoms with E-state index >= 15 is 0 Å². The van der Waals surface area contributed by atoms with Crippen LogP contribution in [-0.4, -0.2) is 37.0 Å². The molecule has 0 aliphatic carbocycles. The molecule has 94 valence electrons. The maximum absolute atomic E-state index is 12.3. The molecule has 0 saturated carbocycles. The second kappa shape index (κ2) is 4.74. The van der Waals surface area contributed by atoms with Crippen LogP contribution in [0.4, 0.5) is 0 Å². The van der Waals surface area contributed by atoms with E-state index in [1.165, 1.54) is 0 Å². The van der Waals surface area contributed by atoms with Gasteiger partial charge in [0.1, 0.15) is 5.58 Å². The van der Waals surface area contributed by atoms with Gasteiger partial charge in [-0.3, -0.25) is 4.79 Å². The van der Waals surface area contributed by atoms with Crippen LogP contribution in [0.15, 0.2) is 33.2 Å². The molecular weight excluding hydrogens is 296 g/mol. The van der Waals surface area contributed by atoms with Gasteiger partial charge in [-0.15, -0.1) is 0 Å². The Morgan fingerprint density at radius 3 is 2.83 bits per heavy atom. The van der Waals surface area contributed by atoms with E-state index in [1.807, 2.05) is 29.2 Å². The molecule has 1 aliphatic rings. The molecule has 1 aromatic heterocycles. The zero-order chi connectivity index (χ0) is 12.5. The number of furan rings is 1. The Morgan fingerprint density at radius 2 is 2.11 bits per heavy atom. The lowest BCUT2D eigenvalue weighted by Crippen LogP contribution is -2.46. The Hall–Kier alpha value is -1.33. The highest BCUT2D eigenvalue weighted by atomic mass is 79.9. The zero-order valence-corrected chi connectivity index (χ0v) is 11.4. The molecule has 2 aromatic rings. The predicted molar refractivity (Wildman–Crippen MR) is 72.7 cm³/mol. The minimum atomic E-state index is -0.0281. The molecule has 0 spiro atoms. The highest BCUT2D eigenvalue weighted by Crippen LogP contribution is 2.27. The highest BCUT2D eigenvalue weighted by Gasteiger charge is 2.21. The van der Waals surface area contributed by atoms with Gasteiger partial charge in [-0.25, -0.2) is 0 Å². The van der Waals surface area contributed by atoms with Crippen LogP contribution in [0.5, 0.6) is 0 Å². The molecular formula is C13H13BrN2O2. The largest absolute Gasteiger partial charge is 0.451 e. The number of nitrogens with one attached hydrogen (secondary N) is 1. The number of carbonyl (C=O) groups is 1. The molecule has 5 heteroatoms. The van der Waals surface area contributed by atoms with E-state index in [0.717, 1.165) is 41.6 Å². The normalized spacial score (nSPS) is 16.2. The second-order valence-corrected chi connectivity index (χ2v) is 5.16. The number of halogens is 1. The summed E-state index contributed by atoms with van der Waals surface area (Å²) in [6.07, 6.45) is 0. The van der Waals surface area contributed by atoms with Crippen LogP contribution in [0.2, 0.25) is 0 Å². The van der Waals surface area contributed by atoms with Crippen molar-refractivity contribution in [3.63, 3.8) is 0 Å². The molecule has 3 rings (SSSR count). The molecule has 0 bridgehead atoms. The molecule has 0 atom stereocenters. The number of amides is 1. The molecule has 1 aliphatic heterocycles. The molecule has 1 N–H and O–H groups in total. The van der Waals surface area contributed by atoms with Crippen LogP contribution in [0.1, 0.15) is 10.6 Å². The summed E-state index contributed by atoms with van der Waals surface area (Å²) >= 11 is 3.46. The van der Waals surface area contributed by atoms with Crippen molar-refractivity contribution in [1.29, 1.82) is 0 Å². The van der Waals surface area contributed by atoms with Crippen molar-refractivity contribution in [1.82, 2.24) is 10.2 Å². The van der Waals surface area contributed by atoms with Gasteiger partial charge in [0, 0.05) is 36.0 Å². The lowest BCUT2D eigenvalue weighted by Gasteiger charge is -2.26. The second-order valence-electron chi connectivity index (χ2n) is 4.30. The quantitative estimate of drug-likeness (QED) is 0.879. The van der Waals surface area contributed by atoms with Crippen LogP contribution in [-0.2, 0) is 0 Å². The maximum Gasteiger partial charge on any atom is 0.289 e. The molecule has 0 unspecified atom stereocenters. The summed E-state index contributed by atoms with van der Waals surface area (Å²) in [5.74, 6) is 0.387. The standard InChI is InChI=1S/C13H13BrN2O2/c14-10-2-1-3-11-9(10)8-12(18-11)13(17)16-6-4-15-5-7-16/h1-3,8,15H,4-7H2. The average Bonchev–Trinajstić information content (AvgIpc) is 2.84. The van der Waals surface area contributed by atoms with Crippen molar-refractivity contribution in [2.45, 2.75) is 0 Å². The van der Waals surface area contributed by atoms with E-state index in [9.17, 15) is 4.79 Å². The minimum Gasteiger partial charge on any atom is -0.451 e. The van der Waals surface area contributed by atoms with Crippen LogP contribution in [0.25, 0.3) is 11.0 Å². The monoisotopic (exact) mass is 308 g/mol. The first-order valence-electron chi connectivity index (χ1n) is 5.94. The maximum atomic E-state index is 12.3. The first kappa shape index (κ1) is 11.7. The number of hydrogen-bond acceptors (Lipinski definition) is 3. The molecule has 1 amide bonds. The van der Waals surface area contributed by atoms with Gasteiger partial charge < -0.3 is 14.6 Å². The Labute approximate surface area is 113 Å². The van der Waals surface area contributed by atoms with Crippen molar-refractivity contribution in [2.24, 2.45) is 0 Å². The smallest absolute Gasteiger partial charge is 0.289 e. The molecule has 1 fully saturated rings. The number of fused-ring (bicyclic) bond motifs is 1. The fourth-order valence-electron chi connectivity index (χ4n) is 2.15. The highest BCUT2D eigenvalue weighted by molar-refractivity contribution is 9.10. The first-order chi connectivity index (χ1) is 8.75. The van der Waals surface area contributed by atoms with Crippen LogP contribution in [0.3, 0.4) is 0 Å². The molecule has 4 nitrogen and oxygen atoms in total. The topological polar surface area (TPSA) is 45.5 Å². The van der Waals surface area contributed by atoms with Gasteiger partial charge in [-0.05, 0) is 18.2 Å². The predicted octanol–water partition coefficient (Wildman–Crippen LogP) is 2.24. The van der Waals surface area contributed by atoms with Crippen LogP contribution >= 0.6 is 15.9 Å². The van der Waals surface area contributed by atoms with Gasteiger partial charge in [0.2, 0.25) is 0 Å². The summed E-state index contributed by atoms with van der Waals surface area (Å²) in [6.45, 7) is 3.15. The van der Waals surface area contributed by atoms with Gasteiger partial charge in [-0.1, -0.05) is 22.0 Å². The molecule has 0 radical (unpaired) electrons. The summed E-state index contributed by atoms with van der Waals surface area (Å²) in [5.41, 5.74) is 0.739. The van der Waals surface area contributed by atoms with E-state index < -0.39 is 0 Å². The lowest BCUT2D eigenvalue weighted by atomic mass is 10.2. The first-order valence-corrected chi connectivity index (χ1v) is 6.73. The number of hydrogen-bond donors (Lipinski definition) is 1. The fraction of sp³-hybridized carbons (Fsp3) is 0.308. The summed E-state index contributed by atoms with van der Waals surface area (Å²) in [4.78, 5) is 14.1. The number of carbonyl (C=O) groups excluding carboxylic acids is 1. The zero-order valence-electron chi connectivity index (χ0n) is 9.78. The fourth-order valence-corrected chi connectivity index (χ4v) is 2.62. The van der Waals surface area contributed by atoms with Gasteiger partial charge in [0.05, 0.1) is 0 Å². The van der Waals surface area contributed by atoms with Crippen LogP contribution < -0.4 is 5.32 Å². The Morgan fingerprint density at radius 1 is 1.33 bits per heavy atom. The summed E-state index contributed by atoms with van der Waals surface area (Å²) in [7, 11) is 0. The SMILES string of the molecule is O=C(c1cc2c(Br)cccc2o1)N1CCNCC1. The minimum absolute atomic E-state index is 0.0281. The number of nitrogens with zero attached hydrogens (tertiary/aromatic N) is 1. The average molecular weight is 309 g/mol. The van der Waals surface area contributed by atoms with Crippen molar-refractivity contribution in [2.75, 3.05) is 26.2 Å². The summed E-state index contributed by atoms with van der Waals surface area (Å²) in [6, 6.07) is 7.52. The molecule has 1 aromatic carbocycles. The molecule has 18 heavy (non-hydrogen) atoms. The number of benzene rings is 1. The number of rotatable bonds is 1. The van der Waals surface area contributed by atoms with Crippen molar-refractivity contribution in [3.8, 4) is 0 Å². The molecule has 2 heterocycles. The van der Waals surface area contributed by atoms with Crippen LogP contribution in [0, 0.1) is 0 Å². The van der Waals surface area contributed by atoms with E-state index in [2.05, 4.69) is 21.2 Å². The Balaban J connectivity index is 1.94. The van der Waals surface area contributed by atoms with Gasteiger partial charge >= 0.3 is 0 Å². The Bertz CT molecular complexity index is 588. The summed E-state index contributed by atoms with van der Waals surface area (Å²) in [5, 5.41) is 4.17. The van der Waals surface area contributed by atoms with Gasteiger partial charge in [0.15, 0.2) is 5.76 Å². The summed E-state index contributed by atoms with van der Waals surface area (Å²) < 4.78 is 6.57. The van der Waals surface area contributed by atoms with E-state index in [0.29, 0.717) is 5.76 Å².